The van der Waals surface area contributed by atoms with Gasteiger partial charge in [-0.15, -0.1) is 0 Å². The van der Waals surface area contributed by atoms with E-state index in [1.54, 1.807) is 0 Å². The minimum absolute atomic E-state index is 0.676. The Morgan fingerprint density at radius 3 is 1.98 bits per heavy atom. The zero-order chi connectivity index (χ0) is 30.2. The van der Waals surface area contributed by atoms with Crippen LogP contribution in [0.3, 0.4) is 0 Å². The molecule has 0 aliphatic rings. The van der Waals surface area contributed by atoms with Gasteiger partial charge in [-0.2, -0.15) is 0 Å². The van der Waals surface area contributed by atoms with Crippen LogP contribution in [0.1, 0.15) is 0 Å². The maximum absolute atomic E-state index is 6.88. The molecule has 4 heteroatoms. The van der Waals surface area contributed by atoms with Crippen molar-refractivity contribution in [2.75, 3.05) is 0 Å². The molecule has 10 rings (SSSR count). The molecular formula is C42H25N3O. The maximum atomic E-state index is 6.88. The first-order valence-corrected chi connectivity index (χ1v) is 15.5. The second-order valence-electron chi connectivity index (χ2n) is 11.8. The van der Waals surface area contributed by atoms with Crippen LogP contribution in [0.5, 0.6) is 0 Å². The van der Waals surface area contributed by atoms with Crippen LogP contribution in [0.15, 0.2) is 156 Å². The predicted molar refractivity (Wildman–Crippen MR) is 190 cm³/mol. The van der Waals surface area contributed by atoms with Crippen LogP contribution < -0.4 is 0 Å². The van der Waals surface area contributed by atoms with E-state index >= 15 is 0 Å². The molecule has 0 aliphatic carbocycles. The molecule has 0 spiro atoms. The molecule has 0 unspecified atom stereocenters. The van der Waals surface area contributed by atoms with Gasteiger partial charge in [0.25, 0.3) is 0 Å². The molecule has 10 aromatic rings. The molecule has 7 aromatic carbocycles. The molecule has 0 N–H and O–H groups in total. The molecule has 0 saturated carbocycles. The zero-order valence-corrected chi connectivity index (χ0v) is 24.7. The number of hydrogen-bond acceptors (Lipinski definition) is 3. The van der Waals surface area contributed by atoms with Gasteiger partial charge in [-0.3, -0.25) is 4.57 Å². The fraction of sp³-hybridized carbons (Fsp3) is 0. The smallest absolute Gasteiger partial charge is 0.162 e. The van der Waals surface area contributed by atoms with Crippen LogP contribution in [0, 0.1) is 0 Å². The fourth-order valence-corrected chi connectivity index (χ4v) is 7.20. The first-order valence-electron chi connectivity index (χ1n) is 15.5. The average Bonchev–Trinajstić information content (AvgIpc) is 3.69. The van der Waals surface area contributed by atoms with Gasteiger partial charge in [-0.05, 0) is 28.3 Å². The van der Waals surface area contributed by atoms with E-state index in [1.807, 2.05) is 42.5 Å². The van der Waals surface area contributed by atoms with Crippen molar-refractivity contribution in [3.8, 4) is 28.5 Å². The second-order valence-corrected chi connectivity index (χ2v) is 11.8. The average molecular weight is 588 g/mol. The lowest BCUT2D eigenvalue weighted by atomic mass is 9.94. The van der Waals surface area contributed by atoms with E-state index in [9.17, 15) is 0 Å². The van der Waals surface area contributed by atoms with Gasteiger partial charge in [0.1, 0.15) is 11.4 Å². The summed E-state index contributed by atoms with van der Waals surface area (Å²) in [5.74, 6) is 1.47. The molecule has 0 atom stereocenters. The largest absolute Gasteiger partial charge is 0.454 e. The SMILES string of the molecule is c1ccc(-c2cc(-n3c4ccccc4c4c5ccc6ccccc6c5c5c6ccccc6oc5c43)nc(-c3ccccc3)n2)cc1. The Bertz CT molecular complexity index is 2740. The van der Waals surface area contributed by atoms with Gasteiger partial charge >= 0.3 is 0 Å². The van der Waals surface area contributed by atoms with Gasteiger partial charge in [0, 0.05) is 44.1 Å². The van der Waals surface area contributed by atoms with Crippen molar-refractivity contribution in [1.82, 2.24) is 14.5 Å². The Hall–Kier alpha value is -6.26. The van der Waals surface area contributed by atoms with Crippen LogP contribution >= 0.6 is 0 Å². The molecule has 0 fully saturated rings. The fourth-order valence-electron chi connectivity index (χ4n) is 7.20. The van der Waals surface area contributed by atoms with E-state index in [0.717, 1.165) is 66.4 Å². The molecular weight excluding hydrogens is 562 g/mol. The molecule has 3 heterocycles. The lowest BCUT2D eigenvalue weighted by Gasteiger charge is -2.13. The molecule has 0 aliphatic heterocycles. The van der Waals surface area contributed by atoms with Crippen molar-refractivity contribution in [2.45, 2.75) is 0 Å². The minimum atomic E-state index is 0.676. The summed E-state index contributed by atoms with van der Waals surface area (Å²) in [6.45, 7) is 0. The first-order chi connectivity index (χ1) is 22.8. The van der Waals surface area contributed by atoms with Crippen molar-refractivity contribution in [3.05, 3.63) is 152 Å². The summed E-state index contributed by atoms with van der Waals surface area (Å²) >= 11 is 0. The maximum Gasteiger partial charge on any atom is 0.162 e. The number of fused-ring (bicyclic) bond motifs is 12. The van der Waals surface area contributed by atoms with E-state index in [1.165, 1.54) is 21.5 Å². The molecule has 214 valence electrons. The third kappa shape index (κ3) is 3.55. The summed E-state index contributed by atoms with van der Waals surface area (Å²) in [6.07, 6.45) is 0. The monoisotopic (exact) mass is 587 g/mol. The zero-order valence-electron chi connectivity index (χ0n) is 24.7. The highest BCUT2D eigenvalue weighted by Gasteiger charge is 2.25. The quantitative estimate of drug-likeness (QED) is 0.193. The first kappa shape index (κ1) is 25.1. The number of aromatic nitrogens is 3. The van der Waals surface area contributed by atoms with Gasteiger partial charge in [0.15, 0.2) is 11.4 Å². The third-order valence-corrected chi connectivity index (χ3v) is 9.18. The number of para-hydroxylation sites is 2. The number of rotatable bonds is 3. The van der Waals surface area contributed by atoms with Crippen LogP contribution in [0.2, 0.25) is 0 Å². The summed E-state index contributed by atoms with van der Waals surface area (Å²) in [5.41, 5.74) is 6.67. The second kappa shape index (κ2) is 9.62. The number of furan rings is 1. The van der Waals surface area contributed by atoms with Crippen LogP contribution in [-0.4, -0.2) is 14.5 Å². The highest BCUT2D eigenvalue weighted by atomic mass is 16.3. The Balaban J connectivity index is 1.44. The summed E-state index contributed by atoms with van der Waals surface area (Å²) < 4.78 is 9.16. The Morgan fingerprint density at radius 1 is 0.478 bits per heavy atom. The van der Waals surface area contributed by atoms with E-state index in [-0.39, 0.29) is 0 Å². The molecule has 0 saturated heterocycles. The van der Waals surface area contributed by atoms with Crippen molar-refractivity contribution in [1.29, 1.82) is 0 Å². The van der Waals surface area contributed by atoms with E-state index < -0.39 is 0 Å². The van der Waals surface area contributed by atoms with E-state index in [4.69, 9.17) is 14.4 Å². The number of nitrogens with zero attached hydrogens (tertiary/aromatic N) is 3. The lowest BCUT2D eigenvalue weighted by Crippen LogP contribution is -2.02. The Labute approximate surface area is 263 Å². The van der Waals surface area contributed by atoms with Crippen LogP contribution in [0.25, 0.3) is 93.8 Å². The minimum Gasteiger partial charge on any atom is -0.454 e. The van der Waals surface area contributed by atoms with Crippen molar-refractivity contribution in [2.24, 2.45) is 0 Å². The molecule has 0 radical (unpaired) electrons. The topological polar surface area (TPSA) is 43.9 Å². The Kier molecular flexibility index (Phi) is 5.25. The normalized spacial score (nSPS) is 11.9. The summed E-state index contributed by atoms with van der Waals surface area (Å²) in [6, 6.07) is 52.8. The third-order valence-electron chi connectivity index (χ3n) is 9.18. The molecule has 3 aromatic heterocycles. The van der Waals surface area contributed by atoms with Gasteiger partial charge in [0.05, 0.1) is 16.7 Å². The number of benzene rings is 7. The number of hydrogen-bond donors (Lipinski definition) is 0. The highest BCUT2D eigenvalue weighted by Crippen LogP contribution is 2.47. The molecule has 46 heavy (non-hydrogen) atoms. The molecule has 4 nitrogen and oxygen atoms in total. The van der Waals surface area contributed by atoms with Crippen molar-refractivity contribution < 1.29 is 4.42 Å². The summed E-state index contributed by atoms with van der Waals surface area (Å²) in [5, 5.41) is 9.38. The standard InChI is InChI=1S/C42H25N3O/c1-3-14-27(15-4-1)33-25-36(44-42(43-33)28-16-5-2-6-17-28)45-34-21-11-9-19-30(34)38-32-24-23-26-13-7-8-18-29(26)37(32)39-31-20-10-12-22-35(31)46-41(39)40(38)45/h1-25H. The van der Waals surface area contributed by atoms with Gasteiger partial charge in [0.2, 0.25) is 0 Å². The van der Waals surface area contributed by atoms with E-state index in [0.29, 0.717) is 5.82 Å². The van der Waals surface area contributed by atoms with Gasteiger partial charge < -0.3 is 4.42 Å². The van der Waals surface area contributed by atoms with Crippen LogP contribution in [0.4, 0.5) is 0 Å². The summed E-state index contributed by atoms with van der Waals surface area (Å²) in [7, 11) is 0. The molecule has 0 bridgehead atoms. The van der Waals surface area contributed by atoms with Crippen molar-refractivity contribution >= 4 is 65.3 Å². The van der Waals surface area contributed by atoms with Gasteiger partial charge in [-0.1, -0.05) is 133 Å². The highest BCUT2D eigenvalue weighted by molar-refractivity contribution is 6.39. The van der Waals surface area contributed by atoms with Gasteiger partial charge in [-0.25, -0.2) is 9.97 Å². The Morgan fingerprint density at radius 2 is 1.15 bits per heavy atom. The van der Waals surface area contributed by atoms with Crippen LogP contribution in [-0.2, 0) is 0 Å². The lowest BCUT2D eigenvalue weighted by molar-refractivity contribution is 0.671. The summed E-state index contributed by atoms with van der Waals surface area (Å²) in [4.78, 5) is 10.4. The van der Waals surface area contributed by atoms with E-state index in [2.05, 4.69) is 114 Å². The predicted octanol–water partition coefficient (Wildman–Crippen LogP) is 11.1. The molecule has 0 amide bonds. The van der Waals surface area contributed by atoms with Crippen molar-refractivity contribution in [3.63, 3.8) is 0 Å².